The summed E-state index contributed by atoms with van der Waals surface area (Å²) in [6.07, 6.45) is 3.39. The first kappa shape index (κ1) is 14.1. The van der Waals surface area contributed by atoms with Crippen LogP contribution in [0.25, 0.3) is 0 Å². The normalized spacial score (nSPS) is 10.4. The van der Waals surface area contributed by atoms with E-state index in [2.05, 4.69) is 58.4 Å². The van der Waals surface area contributed by atoms with Crippen LogP contribution in [0, 0.1) is 0 Å². The molecule has 0 saturated heterocycles. The average Bonchev–Trinajstić information content (AvgIpc) is 2.49. The standard InChI is InChI=1S/C17H19BrO/c18-14-16-9-11-17(12-10-16)19-13-5-4-8-15-6-2-1-3-7-15/h1-3,6-7,9-12H,4-5,8,13-14H2. The summed E-state index contributed by atoms with van der Waals surface area (Å²) in [7, 11) is 0. The molecule has 0 N–H and O–H groups in total. The van der Waals surface area contributed by atoms with Crippen molar-refractivity contribution in [2.45, 2.75) is 24.6 Å². The number of benzene rings is 2. The highest BCUT2D eigenvalue weighted by Crippen LogP contribution is 2.14. The van der Waals surface area contributed by atoms with Crippen molar-refractivity contribution >= 4 is 15.9 Å². The van der Waals surface area contributed by atoms with Gasteiger partial charge in [-0.25, -0.2) is 0 Å². The summed E-state index contributed by atoms with van der Waals surface area (Å²) in [5, 5.41) is 0.893. The van der Waals surface area contributed by atoms with Gasteiger partial charge in [-0.3, -0.25) is 0 Å². The van der Waals surface area contributed by atoms with Gasteiger partial charge in [0.1, 0.15) is 5.75 Å². The van der Waals surface area contributed by atoms with Crippen molar-refractivity contribution in [2.24, 2.45) is 0 Å². The van der Waals surface area contributed by atoms with Crippen LogP contribution in [0.4, 0.5) is 0 Å². The Kier molecular flexibility index (Phi) is 5.96. The second kappa shape index (κ2) is 8.00. The Labute approximate surface area is 123 Å². The predicted octanol–water partition coefficient (Wildman–Crippen LogP) is 4.98. The van der Waals surface area contributed by atoms with Crippen molar-refractivity contribution in [3.63, 3.8) is 0 Å². The molecule has 2 rings (SSSR count). The molecular weight excluding hydrogens is 300 g/mol. The summed E-state index contributed by atoms with van der Waals surface area (Å²) in [5.41, 5.74) is 2.68. The highest BCUT2D eigenvalue weighted by atomic mass is 79.9. The molecular formula is C17H19BrO. The molecule has 19 heavy (non-hydrogen) atoms. The maximum Gasteiger partial charge on any atom is 0.119 e. The molecule has 0 radical (unpaired) electrons. The lowest BCUT2D eigenvalue weighted by Crippen LogP contribution is -1.98. The molecule has 0 amide bonds. The van der Waals surface area contributed by atoms with E-state index in [-0.39, 0.29) is 0 Å². The second-order valence-electron chi connectivity index (χ2n) is 4.57. The molecule has 2 aromatic carbocycles. The van der Waals surface area contributed by atoms with E-state index in [0.29, 0.717) is 0 Å². The summed E-state index contributed by atoms with van der Waals surface area (Å²) in [5.74, 6) is 0.962. The zero-order valence-corrected chi connectivity index (χ0v) is 12.6. The highest BCUT2D eigenvalue weighted by Gasteiger charge is 1.96. The van der Waals surface area contributed by atoms with Gasteiger partial charge in [-0.1, -0.05) is 58.4 Å². The zero-order valence-electron chi connectivity index (χ0n) is 11.0. The van der Waals surface area contributed by atoms with E-state index in [9.17, 15) is 0 Å². The summed E-state index contributed by atoms with van der Waals surface area (Å²) < 4.78 is 5.73. The van der Waals surface area contributed by atoms with Crippen LogP contribution in [0.15, 0.2) is 54.6 Å². The predicted molar refractivity (Wildman–Crippen MR) is 83.9 cm³/mol. The fraction of sp³-hybridized carbons (Fsp3) is 0.294. The molecule has 0 atom stereocenters. The Morgan fingerprint density at radius 2 is 1.53 bits per heavy atom. The first-order valence-corrected chi connectivity index (χ1v) is 7.82. The number of rotatable bonds is 7. The molecule has 0 spiro atoms. The fourth-order valence-electron chi connectivity index (χ4n) is 1.94. The average molecular weight is 319 g/mol. The van der Waals surface area contributed by atoms with Gasteiger partial charge in [-0.2, -0.15) is 0 Å². The Bertz CT molecular complexity index is 464. The molecule has 2 aromatic rings. The number of ether oxygens (including phenoxy) is 1. The van der Waals surface area contributed by atoms with E-state index in [1.165, 1.54) is 17.5 Å². The van der Waals surface area contributed by atoms with Crippen LogP contribution in [-0.2, 0) is 11.8 Å². The lowest BCUT2D eigenvalue weighted by atomic mass is 10.1. The molecule has 0 saturated carbocycles. The quantitative estimate of drug-likeness (QED) is 0.516. The molecule has 100 valence electrons. The molecule has 0 aromatic heterocycles. The topological polar surface area (TPSA) is 9.23 Å². The van der Waals surface area contributed by atoms with E-state index >= 15 is 0 Å². The zero-order chi connectivity index (χ0) is 13.3. The number of unbranched alkanes of at least 4 members (excludes halogenated alkanes) is 1. The molecule has 0 aliphatic carbocycles. The van der Waals surface area contributed by atoms with Gasteiger partial charge in [0.05, 0.1) is 6.61 Å². The van der Waals surface area contributed by atoms with Crippen LogP contribution in [0.3, 0.4) is 0 Å². The molecule has 2 heteroatoms. The molecule has 0 aliphatic heterocycles. The number of halogens is 1. The maximum atomic E-state index is 5.73. The monoisotopic (exact) mass is 318 g/mol. The molecule has 1 nitrogen and oxygen atoms in total. The number of hydrogen-bond acceptors (Lipinski definition) is 1. The minimum Gasteiger partial charge on any atom is -0.494 e. The largest absolute Gasteiger partial charge is 0.494 e. The van der Waals surface area contributed by atoms with Crippen molar-refractivity contribution in [1.29, 1.82) is 0 Å². The Morgan fingerprint density at radius 3 is 2.21 bits per heavy atom. The van der Waals surface area contributed by atoms with Crippen molar-refractivity contribution in [2.75, 3.05) is 6.61 Å². The van der Waals surface area contributed by atoms with Gasteiger partial charge in [0.2, 0.25) is 0 Å². The van der Waals surface area contributed by atoms with Gasteiger partial charge in [0.25, 0.3) is 0 Å². The SMILES string of the molecule is BrCc1ccc(OCCCCc2ccccc2)cc1. The van der Waals surface area contributed by atoms with Gasteiger partial charge in [-0.15, -0.1) is 0 Å². The first-order valence-electron chi connectivity index (χ1n) is 6.70. The van der Waals surface area contributed by atoms with E-state index in [4.69, 9.17) is 4.74 Å². The van der Waals surface area contributed by atoms with Crippen molar-refractivity contribution in [3.8, 4) is 5.75 Å². The number of hydrogen-bond donors (Lipinski definition) is 0. The van der Waals surface area contributed by atoms with Crippen LogP contribution in [0.1, 0.15) is 24.0 Å². The number of alkyl halides is 1. The lowest BCUT2D eigenvalue weighted by Gasteiger charge is -2.06. The van der Waals surface area contributed by atoms with E-state index in [1.54, 1.807) is 0 Å². The molecule has 0 fully saturated rings. The minimum absolute atomic E-state index is 0.792. The smallest absolute Gasteiger partial charge is 0.119 e. The lowest BCUT2D eigenvalue weighted by molar-refractivity contribution is 0.307. The Hall–Kier alpha value is -1.28. The molecule has 0 unspecified atom stereocenters. The van der Waals surface area contributed by atoms with Gasteiger partial charge in [-0.05, 0) is 42.5 Å². The third kappa shape index (κ3) is 5.07. The molecule has 0 bridgehead atoms. The Balaban J connectivity index is 1.63. The first-order chi connectivity index (χ1) is 9.38. The summed E-state index contributed by atoms with van der Waals surface area (Å²) >= 11 is 3.44. The summed E-state index contributed by atoms with van der Waals surface area (Å²) in [4.78, 5) is 0. The van der Waals surface area contributed by atoms with Crippen molar-refractivity contribution < 1.29 is 4.74 Å². The molecule has 0 heterocycles. The minimum atomic E-state index is 0.792. The second-order valence-corrected chi connectivity index (χ2v) is 5.13. The van der Waals surface area contributed by atoms with Crippen LogP contribution in [-0.4, -0.2) is 6.61 Å². The van der Waals surface area contributed by atoms with Gasteiger partial charge in [0, 0.05) is 5.33 Å². The van der Waals surface area contributed by atoms with Crippen molar-refractivity contribution in [3.05, 3.63) is 65.7 Å². The van der Waals surface area contributed by atoms with Gasteiger partial charge < -0.3 is 4.74 Å². The number of aryl methyl sites for hydroxylation is 1. The molecule has 0 aliphatic rings. The summed E-state index contributed by atoms with van der Waals surface area (Å²) in [6.45, 7) is 0.792. The summed E-state index contributed by atoms with van der Waals surface area (Å²) in [6, 6.07) is 18.9. The van der Waals surface area contributed by atoms with Crippen LogP contribution >= 0.6 is 15.9 Å². The third-order valence-electron chi connectivity index (χ3n) is 3.05. The Morgan fingerprint density at radius 1 is 0.789 bits per heavy atom. The fourth-order valence-corrected chi connectivity index (χ4v) is 2.31. The van der Waals surface area contributed by atoms with Crippen molar-refractivity contribution in [1.82, 2.24) is 0 Å². The van der Waals surface area contributed by atoms with E-state index in [0.717, 1.165) is 30.5 Å². The highest BCUT2D eigenvalue weighted by molar-refractivity contribution is 9.08. The van der Waals surface area contributed by atoms with Crippen LogP contribution in [0.2, 0.25) is 0 Å². The maximum absolute atomic E-state index is 5.73. The van der Waals surface area contributed by atoms with E-state index < -0.39 is 0 Å². The van der Waals surface area contributed by atoms with Crippen LogP contribution in [0.5, 0.6) is 5.75 Å². The third-order valence-corrected chi connectivity index (χ3v) is 3.70. The van der Waals surface area contributed by atoms with Gasteiger partial charge >= 0.3 is 0 Å². The van der Waals surface area contributed by atoms with Crippen LogP contribution < -0.4 is 4.74 Å². The van der Waals surface area contributed by atoms with E-state index in [1.807, 2.05) is 12.1 Å². The van der Waals surface area contributed by atoms with Gasteiger partial charge in [0.15, 0.2) is 0 Å².